The van der Waals surface area contributed by atoms with Gasteiger partial charge in [0, 0.05) is 24.0 Å². The molecule has 0 saturated heterocycles. The van der Waals surface area contributed by atoms with Crippen LogP contribution in [0.5, 0.6) is 0 Å². The molecule has 1 aromatic carbocycles. The van der Waals surface area contributed by atoms with E-state index in [4.69, 9.17) is 8.83 Å². The largest absolute Gasteiger partial charge is 0.458 e. The molecule has 0 spiro atoms. The molecular weight excluding hydrogens is 389 g/mol. The predicted molar refractivity (Wildman–Crippen MR) is 92.9 cm³/mol. The van der Waals surface area contributed by atoms with Gasteiger partial charge >= 0.3 is 6.18 Å². The molecule has 10 heteroatoms. The number of fused-ring (bicyclic) bond motifs is 2. The Morgan fingerprint density at radius 3 is 2.93 bits per heavy atom. The van der Waals surface area contributed by atoms with Crippen LogP contribution in [0.3, 0.4) is 0 Å². The van der Waals surface area contributed by atoms with Crippen LogP contribution >= 0.6 is 0 Å². The summed E-state index contributed by atoms with van der Waals surface area (Å²) in [5.41, 5.74) is 0.616. The van der Waals surface area contributed by atoms with Crippen molar-refractivity contribution in [2.45, 2.75) is 18.6 Å². The van der Waals surface area contributed by atoms with Crippen LogP contribution in [0.1, 0.15) is 39.3 Å². The Balaban J connectivity index is 1.66. The fraction of sp³-hybridized carbons (Fsp3) is 0.211. The van der Waals surface area contributed by atoms with E-state index in [9.17, 15) is 18.0 Å². The number of benzene rings is 1. The van der Waals surface area contributed by atoms with Gasteiger partial charge in [-0.15, -0.1) is 0 Å². The molecule has 0 saturated carbocycles. The maximum absolute atomic E-state index is 13.4. The molecule has 1 aliphatic rings. The number of aromatic amines is 1. The summed E-state index contributed by atoms with van der Waals surface area (Å²) in [6.45, 7) is 0.308. The molecule has 29 heavy (non-hydrogen) atoms. The zero-order chi connectivity index (χ0) is 20.2. The number of furan rings is 1. The maximum atomic E-state index is 13.4. The standard InChI is InChI=1S/C19H13F3N4O3/c20-19(21,22)11-2-1-3-13-10(11)6-14(29-13)17-16-12(24-8-25-16)4-5-26(17)18(27)15-7-23-9-28-15/h1-3,6-9,17H,4-5H2,(H,24,25)/t17-/m1/s1. The summed E-state index contributed by atoms with van der Waals surface area (Å²) < 4.78 is 51.1. The van der Waals surface area contributed by atoms with Gasteiger partial charge in [-0.1, -0.05) is 6.07 Å². The zero-order valence-electron chi connectivity index (χ0n) is 14.7. The highest BCUT2D eigenvalue weighted by atomic mass is 19.4. The zero-order valence-corrected chi connectivity index (χ0v) is 14.7. The Bertz CT molecular complexity index is 1190. The van der Waals surface area contributed by atoms with Crippen molar-refractivity contribution >= 4 is 16.9 Å². The van der Waals surface area contributed by atoms with Crippen LogP contribution in [0, 0.1) is 0 Å². The van der Waals surface area contributed by atoms with Gasteiger partial charge < -0.3 is 18.7 Å². The average Bonchev–Trinajstić information content (AvgIpc) is 3.45. The number of hydrogen-bond donors (Lipinski definition) is 1. The lowest BCUT2D eigenvalue weighted by atomic mass is 9.99. The van der Waals surface area contributed by atoms with Crippen LogP contribution in [0.2, 0.25) is 0 Å². The average molecular weight is 402 g/mol. The van der Waals surface area contributed by atoms with Gasteiger partial charge in [0.25, 0.3) is 5.91 Å². The van der Waals surface area contributed by atoms with E-state index in [1.54, 1.807) is 0 Å². The topological polar surface area (TPSA) is 88.2 Å². The van der Waals surface area contributed by atoms with E-state index < -0.39 is 23.7 Å². The Labute approximate surface area is 161 Å². The molecule has 1 atom stereocenters. The molecule has 148 valence electrons. The number of carbonyl (C=O) groups is 1. The first-order chi connectivity index (χ1) is 13.9. The fourth-order valence-electron chi connectivity index (χ4n) is 3.71. The predicted octanol–water partition coefficient (Wildman–Crippen LogP) is 3.95. The number of rotatable bonds is 2. The first-order valence-corrected chi connectivity index (χ1v) is 8.75. The van der Waals surface area contributed by atoms with E-state index in [0.29, 0.717) is 18.7 Å². The Morgan fingerprint density at radius 1 is 1.31 bits per heavy atom. The van der Waals surface area contributed by atoms with Crippen molar-refractivity contribution < 1.29 is 26.8 Å². The molecule has 1 aliphatic heterocycles. The fourth-order valence-corrected chi connectivity index (χ4v) is 3.71. The first-order valence-electron chi connectivity index (χ1n) is 8.75. The molecule has 1 N–H and O–H groups in total. The monoisotopic (exact) mass is 402 g/mol. The molecule has 4 heterocycles. The number of alkyl halides is 3. The quantitative estimate of drug-likeness (QED) is 0.549. The summed E-state index contributed by atoms with van der Waals surface area (Å²) >= 11 is 0. The molecule has 0 fully saturated rings. The Kier molecular flexibility index (Phi) is 3.76. The molecule has 0 unspecified atom stereocenters. The number of oxazole rings is 1. The minimum atomic E-state index is -4.53. The van der Waals surface area contributed by atoms with Crippen molar-refractivity contribution in [1.29, 1.82) is 0 Å². The molecule has 0 bridgehead atoms. The Morgan fingerprint density at radius 2 is 2.17 bits per heavy atom. The van der Waals surface area contributed by atoms with Crippen molar-refractivity contribution in [2.75, 3.05) is 6.54 Å². The first kappa shape index (κ1) is 17.5. The summed E-state index contributed by atoms with van der Waals surface area (Å²) in [5.74, 6) is -0.226. The van der Waals surface area contributed by atoms with E-state index in [0.717, 1.165) is 18.2 Å². The molecule has 0 radical (unpaired) electrons. The van der Waals surface area contributed by atoms with Gasteiger partial charge in [0.1, 0.15) is 17.4 Å². The number of amides is 1. The number of aromatic nitrogens is 3. The normalized spacial score (nSPS) is 16.9. The van der Waals surface area contributed by atoms with E-state index in [2.05, 4.69) is 15.0 Å². The highest BCUT2D eigenvalue weighted by Gasteiger charge is 2.39. The van der Waals surface area contributed by atoms with Crippen LogP contribution in [-0.4, -0.2) is 32.3 Å². The molecule has 0 aliphatic carbocycles. The molecule has 1 amide bonds. The van der Waals surface area contributed by atoms with Crippen molar-refractivity contribution in [3.05, 3.63) is 71.7 Å². The smallest absolute Gasteiger partial charge is 0.417 e. The molecule has 7 nitrogen and oxygen atoms in total. The third kappa shape index (κ3) is 2.79. The summed E-state index contributed by atoms with van der Waals surface area (Å²) in [4.78, 5) is 25.5. The number of nitrogens with zero attached hydrogens (tertiary/aromatic N) is 3. The minimum Gasteiger partial charge on any atom is -0.458 e. The van der Waals surface area contributed by atoms with Gasteiger partial charge in [-0.25, -0.2) is 9.97 Å². The third-order valence-electron chi connectivity index (χ3n) is 4.98. The number of hydrogen-bond acceptors (Lipinski definition) is 5. The second kappa shape index (κ2) is 6.23. The van der Waals surface area contributed by atoms with Gasteiger partial charge in [-0.3, -0.25) is 4.79 Å². The molecular formula is C19H13F3N4O3. The number of halogens is 3. The van der Waals surface area contributed by atoms with Crippen molar-refractivity contribution in [1.82, 2.24) is 19.9 Å². The Hall–Kier alpha value is -3.56. The number of H-pyrrole nitrogens is 1. The third-order valence-corrected chi connectivity index (χ3v) is 4.98. The van der Waals surface area contributed by atoms with Crippen LogP contribution in [0.4, 0.5) is 13.2 Å². The lowest BCUT2D eigenvalue weighted by molar-refractivity contribution is -0.136. The van der Waals surface area contributed by atoms with Gasteiger partial charge in [0.15, 0.2) is 6.39 Å². The summed E-state index contributed by atoms with van der Waals surface area (Å²) in [7, 11) is 0. The van der Waals surface area contributed by atoms with Crippen molar-refractivity contribution in [3.8, 4) is 0 Å². The summed E-state index contributed by atoms with van der Waals surface area (Å²) in [6.07, 6.45) is -0.0908. The van der Waals surface area contributed by atoms with Gasteiger partial charge in [-0.2, -0.15) is 13.2 Å². The van der Waals surface area contributed by atoms with Crippen molar-refractivity contribution in [3.63, 3.8) is 0 Å². The number of carbonyl (C=O) groups excluding carboxylic acids is 1. The van der Waals surface area contributed by atoms with E-state index >= 15 is 0 Å². The summed E-state index contributed by atoms with van der Waals surface area (Å²) in [6, 6.07) is 4.28. The molecule has 4 aromatic rings. The minimum absolute atomic E-state index is 0.0288. The van der Waals surface area contributed by atoms with Crippen LogP contribution < -0.4 is 0 Å². The highest BCUT2D eigenvalue weighted by Crippen LogP contribution is 2.40. The van der Waals surface area contributed by atoms with Crippen LogP contribution in [0.25, 0.3) is 11.0 Å². The highest BCUT2D eigenvalue weighted by molar-refractivity contribution is 5.92. The molecule has 5 rings (SSSR count). The van der Waals surface area contributed by atoms with Gasteiger partial charge in [0.2, 0.25) is 5.76 Å². The molecule has 3 aromatic heterocycles. The maximum Gasteiger partial charge on any atom is 0.417 e. The number of nitrogens with one attached hydrogen (secondary N) is 1. The second-order valence-electron chi connectivity index (χ2n) is 6.65. The van der Waals surface area contributed by atoms with Gasteiger partial charge in [-0.05, 0) is 18.2 Å². The van der Waals surface area contributed by atoms with E-state index in [1.807, 2.05) is 0 Å². The van der Waals surface area contributed by atoms with E-state index in [-0.39, 0.29) is 22.5 Å². The van der Waals surface area contributed by atoms with Crippen molar-refractivity contribution in [2.24, 2.45) is 0 Å². The second-order valence-corrected chi connectivity index (χ2v) is 6.65. The lowest BCUT2D eigenvalue weighted by Gasteiger charge is -2.33. The van der Waals surface area contributed by atoms with E-state index in [1.165, 1.54) is 35.6 Å². The van der Waals surface area contributed by atoms with Gasteiger partial charge in [0.05, 0.1) is 23.8 Å². The number of imidazole rings is 1. The summed E-state index contributed by atoms with van der Waals surface area (Å²) in [5, 5.41) is -0.0651. The SMILES string of the molecule is O=C(c1cnco1)N1CCc2[nH]cnc2[C@H]1c1cc2c(C(F)(F)F)cccc2o1. The van der Waals surface area contributed by atoms with Crippen LogP contribution in [0.15, 0.2) is 52.0 Å². The lowest BCUT2D eigenvalue weighted by Crippen LogP contribution is -2.40. The van der Waals surface area contributed by atoms with Crippen LogP contribution in [-0.2, 0) is 12.6 Å².